The van der Waals surface area contributed by atoms with Crippen molar-refractivity contribution in [1.29, 1.82) is 10.8 Å². The molecule has 2 saturated heterocycles. The molecule has 0 aromatic heterocycles. The van der Waals surface area contributed by atoms with Crippen LogP contribution in [-0.2, 0) is 110 Å². The molecule has 2 fully saturated rings. The molecule has 53 nitrogen and oxygen atoms in total. The van der Waals surface area contributed by atoms with Crippen molar-refractivity contribution in [3.05, 3.63) is 0 Å². The van der Waals surface area contributed by atoms with E-state index >= 15 is 0 Å². The molecule has 14 atom stereocenters. The molecule has 120 heavy (non-hydrogen) atoms. The van der Waals surface area contributed by atoms with E-state index in [0.717, 1.165) is 30.6 Å². The summed E-state index contributed by atoms with van der Waals surface area (Å²) < 4.78 is 0. The number of carbonyl (C=O) groups is 23. The molecule has 668 valence electrons. The number of primary amides is 2. The highest BCUT2D eigenvalue weighted by Crippen LogP contribution is 2.22. The van der Waals surface area contributed by atoms with Gasteiger partial charge in [-0.25, -0.2) is 0 Å². The Balaban J connectivity index is 2.14. The second-order valence-electron chi connectivity index (χ2n) is 27.7. The Hall–Kier alpha value is -13.7. The number of hydrogen-bond donors (Lipinski definition) is 28. The summed E-state index contributed by atoms with van der Waals surface area (Å²) >= 11 is 0. The van der Waals surface area contributed by atoms with Crippen molar-refractivity contribution in [2.75, 3.05) is 52.4 Å². The Morgan fingerprint density at radius 1 is 0.350 bits per heavy atom. The number of hydrogen-bond acceptors (Lipinski definition) is 26. The maximum Gasteiger partial charge on any atom is 0.325 e. The molecule has 0 aliphatic carbocycles. The van der Waals surface area contributed by atoms with Crippen LogP contribution in [0.4, 0.5) is 0 Å². The minimum atomic E-state index is -1.98. The lowest BCUT2D eigenvalue weighted by molar-refractivity contribution is -0.144. The summed E-state index contributed by atoms with van der Waals surface area (Å²) in [6, 6.07) is -21.9. The molecule has 2 aliphatic rings. The van der Waals surface area contributed by atoms with Gasteiger partial charge in [0, 0.05) is 39.0 Å². The Morgan fingerprint density at radius 3 is 1.00 bits per heavy atom. The standard InChI is InChI=1S/C67H108N26O27/c1-29(52(106)77-26-46(97)85-36(14-16-43(69)94)64(118)93-21-9-13-42(93)62(116)84-33(5)65(119)120)80-54(108)31(3)81-57(111)34(10-6-18-75-66(71)72)90-60(114)40(24-51(104)105)88-48(99)27-78-53(107)30(2)83-61(115)41-12-8-20-92(41)63(117)37(15-17-44(70)95)86-47(98)28-79-56(110)38(22-49(100)101)91-55(109)32(4)82-58(112)35(11-7-19-76-67(73)74)89-59(113)39(23-50(102)103)87-45(96)25-68/h29-42H,6-28,68H2,1-5H3,(H2,69,94)(H2,70,95)(H,77,106)(H,78,107)(H,79,110)(H,80,108)(H,81,111)(H,82,112)(H,83,115)(H,84,116)(H,85,97)(H,86,98)(H,87,96)(H,88,99)(H,89,113)(H,90,114)(H,91,109)(H,100,101)(H,102,103)(H,104,105)(H,119,120)(H4,71,72,75)(H4,73,74,76)/t29-,30-,31-,32-,33-,34-,35-,36-,37-,38-,39-,40-,41-,42-/m0/s1. The van der Waals surface area contributed by atoms with Crippen molar-refractivity contribution in [1.82, 2.24) is 100 Å². The zero-order chi connectivity index (χ0) is 91.0. The van der Waals surface area contributed by atoms with Crippen LogP contribution in [-0.4, -0.2) is 315 Å². The summed E-state index contributed by atoms with van der Waals surface area (Å²) in [5, 5.41) is 91.3. The molecule has 2 rings (SSSR count). The maximum atomic E-state index is 14.2. The lowest BCUT2D eigenvalue weighted by Crippen LogP contribution is -2.59. The molecule has 0 bridgehead atoms. The van der Waals surface area contributed by atoms with E-state index < -0.39 is 297 Å². The number of rotatable bonds is 53. The van der Waals surface area contributed by atoms with Gasteiger partial charge in [0.05, 0.1) is 45.4 Å². The van der Waals surface area contributed by atoms with E-state index in [-0.39, 0.29) is 77.5 Å². The van der Waals surface area contributed by atoms with Crippen LogP contribution >= 0.6 is 0 Å². The monoisotopic (exact) mass is 1710 g/mol. The topological polar surface area (TPSA) is 862 Å². The second kappa shape index (κ2) is 51.4. The second-order valence-corrected chi connectivity index (χ2v) is 27.7. The fourth-order valence-corrected chi connectivity index (χ4v) is 11.5. The van der Waals surface area contributed by atoms with E-state index in [9.17, 15) is 131 Å². The summed E-state index contributed by atoms with van der Waals surface area (Å²) in [6.45, 7) is 2.12. The summed E-state index contributed by atoms with van der Waals surface area (Å²) in [5.74, 6) is -26.8. The van der Waals surface area contributed by atoms with Crippen LogP contribution in [0.15, 0.2) is 0 Å². The number of amides is 19. The van der Waals surface area contributed by atoms with Gasteiger partial charge >= 0.3 is 23.9 Å². The molecule has 53 heteroatoms. The Kier molecular flexibility index (Phi) is 43.9. The average molecular weight is 1710 g/mol. The van der Waals surface area contributed by atoms with Gasteiger partial charge < -0.3 is 149 Å². The number of carbonyl (C=O) groups excluding carboxylic acids is 19. The quantitative estimate of drug-likeness (QED) is 0.0153. The average Bonchev–Trinajstić information content (AvgIpc) is 1.68. The van der Waals surface area contributed by atoms with Crippen LogP contribution in [0.1, 0.15) is 131 Å². The Bertz CT molecular complexity index is 3830. The number of nitrogens with one attached hydrogen (secondary N) is 19. The summed E-state index contributed by atoms with van der Waals surface area (Å²) in [5.41, 5.74) is 26.6. The van der Waals surface area contributed by atoms with Crippen LogP contribution in [0.5, 0.6) is 0 Å². The van der Waals surface area contributed by atoms with Crippen molar-refractivity contribution in [2.24, 2.45) is 28.7 Å². The van der Waals surface area contributed by atoms with Gasteiger partial charge in [-0.15, -0.1) is 0 Å². The fraction of sp³-hybridized carbons (Fsp3) is 0.627. The van der Waals surface area contributed by atoms with Gasteiger partial charge in [0.15, 0.2) is 11.9 Å². The van der Waals surface area contributed by atoms with Gasteiger partial charge in [-0.3, -0.25) is 121 Å². The third kappa shape index (κ3) is 37.9. The summed E-state index contributed by atoms with van der Waals surface area (Å²) in [6.07, 6.45) is -4.94. The van der Waals surface area contributed by atoms with E-state index in [0.29, 0.717) is 6.42 Å². The van der Waals surface area contributed by atoms with E-state index in [2.05, 4.69) is 90.4 Å². The van der Waals surface area contributed by atoms with Gasteiger partial charge in [-0.2, -0.15) is 0 Å². The smallest absolute Gasteiger partial charge is 0.325 e. The van der Waals surface area contributed by atoms with Crippen molar-refractivity contribution < 1.29 is 131 Å². The van der Waals surface area contributed by atoms with Crippen LogP contribution in [0.2, 0.25) is 0 Å². The normalized spacial score (nSPS) is 16.3. The largest absolute Gasteiger partial charge is 0.481 e. The Labute approximate surface area is 684 Å². The number of nitrogens with two attached hydrogens (primary N) is 5. The predicted octanol–water partition coefficient (Wildman–Crippen LogP) is -14.2. The van der Waals surface area contributed by atoms with E-state index in [4.69, 9.17) is 39.5 Å². The van der Waals surface area contributed by atoms with Crippen molar-refractivity contribution in [3.8, 4) is 0 Å². The van der Waals surface area contributed by atoms with E-state index in [1.54, 1.807) is 0 Å². The molecule has 33 N–H and O–H groups in total. The number of carboxylic acids is 4. The van der Waals surface area contributed by atoms with Gasteiger partial charge in [0.1, 0.15) is 84.6 Å². The van der Waals surface area contributed by atoms with Gasteiger partial charge in [0.2, 0.25) is 112 Å². The summed E-state index contributed by atoms with van der Waals surface area (Å²) in [7, 11) is 0. The first-order valence-corrected chi connectivity index (χ1v) is 37.5. The number of carboxylic acid groups (broad SMARTS) is 4. The number of guanidine groups is 2. The third-order valence-electron chi connectivity index (χ3n) is 17.8. The Morgan fingerprint density at radius 2 is 0.650 bits per heavy atom. The SMILES string of the molecule is C[C@H](NC(=O)[C@@H]1CCCN1C(=O)[C@H](CCC(N)=O)NC(=O)CNC(=O)[C@H](C)NC(=O)[C@H](C)NC(=O)[C@H](CCCNC(=N)N)NC(=O)[C@H](CC(=O)O)NC(=O)CNC(=O)[C@H](C)NC(=O)[C@@H]1CCCN1C(=O)[C@H](CCC(N)=O)NC(=O)CNC(=O)[C@H](CC(=O)O)NC(=O)[C@H](C)NC(=O)[C@H](CCCNC(=N)N)NC(=O)[C@H](CC(=O)O)NC(=O)CN)C(=O)O. The predicted molar refractivity (Wildman–Crippen MR) is 409 cm³/mol. The molecule has 2 aliphatic heterocycles. The van der Waals surface area contributed by atoms with E-state index in [1.807, 2.05) is 0 Å². The molecule has 0 spiro atoms. The zero-order valence-electron chi connectivity index (χ0n) is 66.3. The van der Waals surface area contributed by atoms with Crippen LogP contribution < -0.4 is 119 Å². The summed E-state index contributed by atoms with van der Waals surface area (Å²) in [4.78, 5) is 300. The first kappa shape index (κ1) is 102. The molecular formula is C67H108N26O27. The minimum Gasteiger partial charge on any atom is -0.481 e. The minimum absolute atomic E-state index is 0.0161. The molecule has 19 amide bonds. The fourth-order valence-electron chi connectivity index (χ4n) is 11.5. The number of likely N-dealkylation sites (tertiary alicyclic amines) is 2. The first-order valence-electron chi connectivity index (χ1n) is 37.5. The third-order valence-corrected chi connectivity index (χ3v) is 17.8. The van der Waals surface area contributed by atoms with Crippen LogP contribution in [0.3, 0.4) is 0 Å². The molecule has 0 radical (unpaired) electrons. The van der Waals surface area contributed by atoms with E-state index in [1.165, 1.54) is 13.8 Å². The lowest BCUT2D eigenvalue weighted by Gasteiger charge is -2.29. The van der Waals surface area contributed by atoms with Gasteiger partial charge in [-0.1, -0.05) is 0 Å². The molecule has 2 heterocycles. The molecule has 0 aromatic rings. The van der Waals surface area contributed by atoms with Crippen LogP contribution in [0, 0.1) is 10.8 Å². The van der Waals surface area contributed by atoms with Gasteiger partial charge in [0.25, 0.3) is 0 Å². The highest BCUT2D eigenvalue weighted by molar-refractivity contribution is 6.02. The number of aliphatic carboxylic acids is 4. The van der Waals surface area contributed by atoms with Crippen molar-refractivity contribution in [2.45, 2.75) is 216 Å². The maximum absolute atomic E-state index is 14.2. The highest BCUT2D eigenvalue weighted by atomic mass is 16.4. The number of nitrogens with zero attached hydrogens (tertiary/aromatic N) is 2. The molecular weight excluding hydrogens is 1600 g/mol. The van der Waals surface area contributed by atoms with Crippen molar-refractivity contribution in [3.63, 3.8) is 0 Å². The van der Waals surface area contributed by atoms with Crippen LogP contribution in [0.25, 0.3) is 0 Å². The first-order chi connectivity index (χ1) is 56.2. The van der Waals surface area contributed by atoms with Gasteiger partial charge in [-0.05, 0) is 98.8 Å². The van der Waals surface area contributed by atoms with Crippen molar-refractivity contribution >= 4 is 148 Å². The zero-order valence-corrected chi connectivity index (χ0v) is 66.3. The molecule has 0 unspecified atom stereocenters. The lowest BCUT2D eigenvalue weighted by atomic mass is 10.1. The molecule has 0 saturated carbocycles. The highest BCUT2D eigenvalue weighted by Gasteiger charge is 2.42. The molecule has 0 aromatic carbocycles.